The van der Waals surface area contributed by atoms with E-state index in [4.69, 9.17) is 4.74 Å². The zero-order valence-electron chi connectivity index (χ0n) is 11.4. The molecule has 3 aliphatic rings. The summed E-state index contributed by atoms with van der Waals surface area (Å²) in [7, 11) is 0. The molecular weight excluding hydrogens is 244 g/mol. The Bertz CT molecular complexity index is 375. The molecule has 3 rings (SSSR count). The molecule has 0 radical (unpaired) electrons. The molecule has 2 saturated carbocycles. The van der Waals surface area contributed by atoms with Gasteiger partial charge in [0.15, 0.2) is 0 Å². The summed E-state index contributed by atoms with van der Waals surface area (Å²) in [4.78, 5) is 26.3. The van der Waals surface area contributed by atoms with Gasteiger partial charge in [0.2, 0.25) is 11.8 Å². The number of likely N-dealkylation sites (N-methyl/N-ethyl adjacent to an activating group) is 1. The summed E-state index contributed by atoms with van der Waals surface area (Å²) >= 11 is 0. The highest BCUT2D eigenvalue weighted by molar-refractivity contribution is 5.89. The number of hydrogen-bond acceptors (Lipinski definition) is 3. The van der Waals surface area contributed by atoms with Crippen LogP contribution in [0.25, 0.3) is 0 Å². The standard InChI is InChI=1S/C14H22N2O3/c1-2-15-13(17)12-8-19-4-3-16(12)14(18)11-6-9-5-10(9)7-11/h9-12H,2-8H2,1H3,(H,15,17). The van der Waals surface area contributed by atoms with Crippen molar-refractivity contribution in [3.63, 3.8) is 0 Å². The molecule has 5 nitrogen and oxygen atoms in total. The first kappa shape index (κ1) is 12.9. The number of carbonyl (C=O) groups is 2. The topological polar surface area (TPSA) is 58.6 Å². The fraction of sp³-hybridized carbons (Fsp3) is 0.857. The van der Waals surface area contributed by atoms with Crippen LogP contribution in [0.2, 0.25) is 0 Å². The van der Waals surface area contributed by atoms with Crippen LogP contribution in [0.15, 0.2) is 0 Å². The molecule has 1 aliphatic heterocycles. The molecule has 3 fully saturated rings. The number of carbonyl (C=O) groups excluding carboxylic acids is 2. The fourth-order valence-corrected chi connectivity index (χ4v) is 3.53. The van der Waals surface area contributed by atoms with Crippen molar-refractivity contribution in [2.24, 2.45) is 17.8 Å². The molecule has 2 aliphatic carbocycles. The Labute approximate surface area is 113 Å². The van der Waals surface area contributed by atoms with E-state index in [1.807, 2.05) is 6.92 Å². The van der Waals surface area contributed by atoms with Crippen molar-refractivity contribution < 1.29 is 14.3 Å². The van der Waals surface area contributed by atoms with Crippen LogP contribution < -0.4 is 5.32 Å². The van der Waals surface area contributed by atoms with Crippen LogP contribution in [0.1, 0.15) is 26.2 Å². The van der Waals surface area contributed by atoms with Gasteiger partial charge in [-0.1, -0.05) is 0 Å². The molecule has 1 heterocycles. The molecule has 0 aromatic carbocycles. The maximum Gasteiger partial charge on any atom is 0.245 e. The van der Waals surface area contributed by atoms with E-state index in [2.05, 4.69) is 5.32 Å². The molecule has 106 valence electrons. The summed E-state index contributed by atoms with van der Waals surface area (Å²) in [5, 5.41) is 2.80. The number of nitrogens with zero attached hydrogens (tertiary/aromatic N) is 1. The minimum Gasteiger partial charge on any atom is -0.377 e. The van der Waals surface area contributed by atoms with Crippen molar-refractivity contribution >= 4 is 11.8 Å². The fourth-order valence-electron chi connectivity index (χ4n) is 3.53. The normalized spacial score (nSPS) is 36.8. The molecule has 1 saturated heterocycles. The van der Waals surface area contributed by atoms with Gasteiger partial charge in [0.25, 0.3) is 0 Å². The van der Waals surface area contributed by atoms with E-state index >= 15 is 0 Å². The molecule has 2 amide bonds. The summed E-state index contributed by atoms with van der Waals surface area (Å²) in [5.41, 5.74) is 0. The van der Waals surface area contributed by atoms with Gasteiger partial charge in [-0.2, -0.15) is 0 Å². The number of nitrogens with one attached hydrogen (secondary N) is 1. The predicted molar refractivity (Wildman–Crippen MR) is 69.3 cm³/mol. The molecule has 0 bridgehead atoms. The number of amides is 2. The van der Waals surface area contributed by atoms with E-state index in [0.717, 1.165) is 24.7 Å². The van der Waals surface area contributed by atoms with Gasteiger partial charge in [-0.15, -0.1) is 0 Å². The predicted octanol–water partition coefficient (Wildman–Crippen LogP) is 0.396. The highest BCUT2D eigenvalue weighted by atomic mass is 16.5. The van der Waals surface area contributed by atoms with Gasteiger partial charge in [0, 0.05) is 19.0 Å². The van der Waals surface area contributed by atoms with E-state index in [-0.39, 0.29) is 17.7 Å². The van der Waals surface area contributed by atoms with Gasteiger partial charge >= 0.3 is 0 Å². The number of ether oxygens (including phenoxy) is 1. The lowest BCUT2D eigenvalue weighted by atomic mass is 10.0. The Balaban J connectivity index is 1.65. The zero-order valence-corrected chi connectivity index (χ0v) is 11.4. The Morgan fingerprint density at radius 3 is 2.68 bits per heavy atom. The number of rotatable bonds is 3. The summed E-state index contributed by atoms with van der Waals surface area (Å²) in [6.07, 6.45) is 3.37. The largest absolute Gasteiger partial charge is 0.377 e. The lowest BCUT2D eigenvalue weighted by Crippen LogP contribution is -2.57. The van der Waals surface area contributed by atoms with E-state index in [0.29, 0.717) is 26.3 Å². The minimum absolute atomic E-state index is 0.0845. The maximum absolute atomic E-state index is 12.6. The molecule has 0 spiro atoms. The molecule has 0 aromatic heterocycles. The lowest BCUT2D eigenvalue weighted by molar-refractivity contribution is -0.151. The molecule has 3 atom stereocenters. The maximum atomic E-state index is 12.6. The van der Waals surface area contributed by atoms with Crippen LogP contribution >= 0.6 is 0 Å². The van der Waals surface area contributed by atoms with Gasteiger partial charge < -0.3 is 15.0 Å². The summed E-state index contributed by atoms with van der Waals surface area (Å²) in [6, 6.07) is -0.432. The first-order chi connectivity index (χ1) is 9.20. The summed E-state index contributed by atoms with van der Waals surface area (Å²) in [5.74, 6) is 1.82. The van der Waals surface area contributed by atoms with Crippen molar-refractivity contribution in [1.29, 1.82) is 0 Å². The Hall–Kier alpha value is -1.10. The highest BCUT2D eigenvalue weighted by Crippen LogP contribution is 2.54. The average molecular weight is 266 g/mol. The number of hydrogen-bond donors (Lipinski definition) is 1. The van der Waals surface area contributed by atoms with Crippen molar-refractivity contribution in [1.82, 2.24) is 10.2 Å². The second-order valence-corrected chi connectivity index (χ2v) is 5.94. The van der Waals surface area contributed by atoms with E-state index in [1.54, 1.807) is 4.90 Å². The first-order valence-corrected chi connectivity index (χ1v) is 7.36. The van der Waals surface area contributed by atoms with E-state index in [9.17, 15) is 9.59 Å². The molecule has 1 N–H and O–H groups in total. The third-order valence-corrected chi connectivity index (χ3v) is 4.66. The Kier molecular flexibility index (Phi) is 3.48. The smallest absolute Gasteiger partial charge is 0.245 e. The van der Waals surface area contributed by atoms with Gasteiger partial charge in [0.05, 0.1) is 13.2 Å². The summed E-state index contributed by atoms with van der Waals surface area (Å²) < 4.78 is 5.37. The van der Waals surface area contributed by atoms with Crippen molar-refractivity contribution in [2.45, 2.75) is 32.2 Å². The first-order valence-electron chi connectivity index (χ1n) is 7.36. The second kappa shape index (κ2) is 5.12. The minimum atomic E-state index is -0.432. The van der Waals surface area contributed by atoms with Crippen LogP contribution in [-0.2, 0) is 14.3 Å². The van der Waals surface area contributed by atoms with Crippen molar-refractivity contribution in [3.05, 3.63) is 0 Å². The Morgan fingerprint density at radius 2 is 2.00 bits per heavy atom. The molecule has 0 aromatic rings. The van der Waals surface area contributed by atoms with Gasteiger partial charge in [-0.3, -0.25) is 9.59 Å². The van der Waals surface area contributed by atoms with Crippen LogP contribution in [-0.4, -0.2) is 49.1 Å². The highest BCUT2D eigenvalue weighted by Gasteiger charge is 2.49. The third kappa shape index (κ3) is 2.48. The van der Waals surface area contributed by atoms with Crippen LogP contribution in [0, 0.1) is 17.8 Å². The second-order valence-electron chi connectivity index (χ2n) is 5.94. The van der Waals surface area contributed by atoms with Crippen LogP contribution in [0.5, 0.6) is 0 Å². The lowest BCUT2D eigenvalue weighted by Gasteiger charge is -2.36. The molecule has 19 heavy (non-hydrogen) atoms. The average Bonchev–Trinajstić information content (AvgIpc) is 3.04. The zero-order chi connectivity index (χ0) is 13.4. The number of fused-ring (bicyclic) bond motifs is 1. The monoisotopic (exact) mass is 266 g/mol. The van der Waals surface area contributed by atoms with Gasteiger partial charge in [-0.25, -0.2) is 0 Å². The Morgan fingerprint density at radius 1 is 1.26 bits per heavy atom. The SMILES string of the molecule is CCNC(=O)C1COCCN1C(=O)C1CC2CC2C1. The molecule has 3 unspecified atom stereocenters. The van der Waals surface area contributed by atoms with E-state index in [1.165, 1.54) is 6.42 Å². The third-order valence-electron chi connectivity index (χ3n) is 4.66. The van der Waals surface area contributed by atoms with Gasteiger partial charge in [0.1, 0.15) is 6.04 Å². The van der Waals surface area contributed by atoms with Crippen LogP contribution in [0.3, 0.4) is 0 Å². The van der Waals surface area contributed by atoms with Crippen LogP contribution in [0.4, 0.5) is 0 Å². The molecular formula is C14H22N2O3. The number of morpholine rings is 1. The van der Waals surface area contributed by atoms with Crippen molar-refractivity contribution in [2.75, 3.05) is 26.3 Å². The summed E-state index contributed by atoms with van der Waals surface area (Å²) in [6.45, 7) is 3.90. The van der Waals surface area contributed by atoms with Crippen molar-refractivity contribution in [3.8, 4) is 0 Å². The van der Waals surface area contributed by atoms with E-state index < -0.39 is 6.04 Å². The van der Waals surface area contributed by atoms with Gasteiger partial charge in [-0.05, 0) is 38.0 Å². The quantitative estimate of drug-likeness (QED) is 0.804. The molecule has 5 heteroatoms.